The van der Waals surface area contributed by atoms with Gasteiger partial charge in [-0.05, 0) is 45.1 Å². The number of likely N-dealkylation sites (tertiary alicyclic amines) is 1. The molecular formula is C15H24N4O. The molecular weight excluding hydrogens is 252 g/mol. The zero-order valence-electron chi connectivity index (χ0n) is 12.4. The maximum absolute atomic E-state index is 12.0. The number of carbonyl (C=O) groups is 1. The van der Waals surface area contributed by atoms with Gasteiger partial charge in [0.2, 0.25) is 5.91 Å². The first-order valence-electron chi connectivity index (χ1n) is 7.19. The summed E-state index contributed by atoms with van der Waals surface area (Å²) in [7, 11) is 4.06. The van der Waals surface area contributed by atoms with Crippen LogP contribution >= 0.6 is 0 Å². The number of hydrogen-bond acceptors (Lipinski definition) is 4. The van der Waals surface area contributed by atoms with Gasteiger partial charge in [-0.25, -0.2) is 0 Å². The van der Waals surface area contributed by atoms with E-state index in [1.54, 1.807) is 6.20 Å². The lowest BCUT2D eigenvalue weighted by Crippen LogP contribution is -2.48. The molecule has 1 fully saturated rings. The fraction of sp³-hybridized carbons (Fsp3) is 0.600. The predicted molar refractivity (Wildman–Crippen MR) is 79.2 cm³/mol. The molecule has 0 bridgehead atoms. The Bertz CT molecular complexity index is 423. The lowest BCUT2D eigenvalue weighted by atomic mass is 10.1. The molecule has 0 radical (unpaired) electrons. The van der Waals surface area contributed by atoms with E-state index in [0.29, 0.717) is 12.6 Å². The molecule has 0 aliphatic carbocycles. The van der Waals surface area contributed by atoms with Crippen molar-refractivity contribution >= 4 is 5.91 Å². The normalized spacial score (nSPS) is 20.1. The Morgan fingerprint density at radius 1 is 1.60 bits per heavy atom. The van der Waals surface area contributed by atoms with E-state index < -0.39 is 0 Å². The fourth-order valence-electron chi connectivity index (χ4n) is 2.66. The Kier molecular flexibility index (Phi) is 5.49. The van der Waals surface area contributed by atoms with Gasteiger partial charge in [0.25, 0.3) is 0 Å². The Morgan fingerprint density at radius 2 is 2.45 bits per heavy atom. The van der Waals surface area contributed by atoms with Gasteiger partial charge >= 0.3 is 0 Å². The lowest BCUT2D eigenvalue weighted by Gasteiger charge is -2.30. The maximum Gasteiger partial charge on any atom is 0.234 e. The van der Waals surface area contributed by atoms with E-state index in [2.05, 4.69) is 22.2 Å². The van der Waals surface area contributed by atoms with Crippen molar-refractivity contribution < 1.29 is 4.79 Å². The smallest absolute Gasteiger partial charge is 0.234 e. The van der Waals surface area contributed by atoms with Crippen molar-refractivity contribution in [2.24, 2.45) is 0 Å². The fourth-order valence-corrected chi connectivity index (χ4v) is 2.66. The van der Waals surface area contributed by atoms with Gasteiger partial charge in [0.1, 0.15) is 0 Å². The standard InChI is InChI=1S/C15H24N4O/c1-18-8-4-6-14(11-18)17-15(20)12-19(2)10-13-5-3-7-16-9-13/h3,5,7,9,14H,4,6,8,10-12H2,1-2H3,(H,17,20). The molecule has 20 heavy (non-hydrogen) atoms. The second kappa shape index (κ2) is 7.36. The predicted octanol–water partition coefficient (Wildman–Crippen LogP) is 0.724. The number of piperidine rings is 1. The van der Waals surface area contributed by atoms with Crippen LogP contribution in [0.3, 0.4) is 0 Å². The van der Waals surface area contributed by atoms with Crippen LogP contribution in [0.4, 0.5) is 0 Å². The van der Waals surface area contributed by atoms with Crippen LogP contribution in [-0.2, 0) is 11.3 Å². The molecule has 1 amide bonds. The van der Waals surface area contributed by atoms with Crippen molar-refractivity contribution in [3.05, 3.63) is 30.1 Å². The van der Waals surface area contributed by atoms with Crippen molar-refractivity contribution in [3.63, 3.8) is 0 Å². The number of carbonyl (C=O) groups excluding carboxylic acids is 1. The summed E-state index contributed by atoms with van der Waals surface area (Å²) in [4.78, 5) is 20.4. The molecule has 1 atom stereocenters. The summed E-state index contributed by atoms with van der Waals surface area (Å²) >= 11 is 0. The second-order valence-corrected chi connectivity index (χ2v) is 5.70. The van der Waals surface area contributed by atoms with Crippen LogP contribution in [0.25, 0.3) is 0 Å². The zero-order valence-corrected chi connectivity index (χ0v) is 12.4. The maximum atomic E-state index is 12.0. The molecule has 0 spiro atoms. The van der Waals surface area contributed by atoms with Gasteiger partial charge in [-0.15, -0.1) is 0 Å². The number of nitrogens with one attached hydrogen (secondary N) is 1. The minimum absolute atomic E-state index is 0.108. The number of hydrogen-bond donors (Lipinski definition) is 1. The van der Waals surface area contributed by atoms with Gasteiger partial charge in [0, 0.05) is 31.5 Å². The molecule has 0 aromatic carbocycles. The number of nitrogens with zero attached hydrogens (tertiary/aromatic N) is 3. The van der Waals surface area contributed by atoms with Crippen LogP contribution in [-0.4, -0.2) is 60.5 Å². The monoisotopic (exact) mass is 276 g/mol. The average molecular weight is 276 g/mol. The van der Waals surface area contributed by atoms with E-state index in [1.165, 1.54) is 0 Å². The van der Waals surface area contributed by atoms with E-state index in [0.717, 1.165) is 38.0 Å². The van der Waals surface area contributed by atoms with Gasteiger partial charge in [-0.3, -0.25) is 14.7 Å². The molecule has 2 heterocycles. The van der Waals surface area contributed by atoms with Crippen molar-refractivity contribution in [3.8, 4) is 0 Å². The summed E-state index contributed by atoms with van der Waals surface area (Å²) < 4.78 is 0. The zero-order chi connectivity index (χ0) is 14.4. The minimum Gasteiger partial charge on any atom is -0.351 e. The SMILES string of the molecule is CN(CC(=O)NC1CCCN(C)C1)Cc1cccnc1. The first kappa shape index (κ1) is 14.9. The molecule has 1 unspecified atom stereocenters. The average Bonchev–Trinajstić information content (AvgIpc) is 2.39. The number of rotatable bonds is 5. The summed E-state index contributed by atoms with van der Waals surface area (Å²) in [5.74, 6) is 0.108. The summed E-state index contributed by atoms with van der Waals surface area (Å²) in [5.41, 5.74) is 1.13. The van der Waals surface area contributed by atoms with Crippen molar-refractivity contribution in [1.82, 2.24) is 20.1 Å². The van der Waals surface area contributed by atoms with Gasteiger partial charge in [-0.1, -0.05) is 6.07 Å². The highest BCUT2D eigenvalue weighted by Crippen LogP contribution is 2.08. The van der Waals surface area contributed by atoms with Crippen LogP contribution in [0, 0.1) is 0 Å². The molecule has 1 aromatic heterocycles. The quantitative estimate of drug-likeness (QED) is 0.861. The molecule has 110 valence electrons. The minimum atomic E-state index is 0.108. The van der Waals surface area contributed by atoms with Gasteiger partial charge < -0.3 is 10.2 Å². The third-order valence-corrected chi connectivity index (χ3v) is 3.58. The van der Waals surface area contributed by atoms with Crippen LogP contribution in [0.5, 0.6) is 0 Å². The van der Waals surface area contributed by atoms with Crippen LogP contribution in [0.1, 0.15) is 18.4 Å². The first-order valence-corrected chi connectivity index (χ1v) is 7.19. The summed E-state index contributed by atoms with van der Waals surface area (Å²) in [5, 5.41) is 3.13. The largest absolute Gasteiger partial charge is 0.351 e. The molecule has 1 N–H and O–H groups in total. The van der Waals surface area contributed by atoms with Gasteiger partial charge in [-0.2, -0.15) is 0 Å². The molecule has 2 rings (SSSR count). The summed E-state index contributed by atoms with van der Waals surface area (Å²) in [6, 6.07) is 4.24. The Morgan fingerprint density at radius 3 is 3.15 bits per heavy atom. The number of amides is 1. The Hall–Kier alpha value is -1.46. The highest BCUT2D eigenvalue weighted by Gasteiger charge is 2.19. The van der Waals surface area contributed by atoms with Crippen LogP contribution < -0.4 is 5.32 Å². The first-order chi connectivity index (χ1) is 9.63. The molecule has 1 aromatic rings. The molecule has 5 heteroatoms. The lowest BCUT2D eigenvalue weighted by molar-refractivity contribution is -0.123. The molecule has 1 aliphatic heterocycles. The van der Waals surface area contributed by atoms with E-state index in [9.17, 15) is 4.79 Å². The summed E-state index contributed by atoms with van der Waals surface area (Å²) in [6.45, 7) is 3.26. The Balaban J connectivity index is 1.73. The highest BCUT2D eigenvalue weighted by atomic mass is 16.2. The molecule has 0 saturated carbocycles. The summed E-state index contributed by atoms with van der Waals surface area (Å²) in [6.07, 6.45) is 5.84. The topological polar surface area (TPSA) is 48.5 Å². The third-order valence-electron chi connectivity index (χ3n) is 3.58. The van der Waals surface area contributed by atoms with E-state index >= 15 is 0 Å². The third kappa shape index (κ3) is 4.90. The number of pyridine rings is 1. The number of aromatic nitrogens is 1. The highest BCUT2D eigenvalue weighted by molar-refractivity contribution is 5.78. The van der Waals surface area contributed by atoms with Gasteiger partial charge in [0.15, 0.2) is 0 Å². The molecule has 1 aliphatic rings. The second-order valence-electron chi connectivity index (χ2n) is 5.70. The van der Waals surface area contributed by atoms with Crippen LogP contribution in [0.2, 0.25) is 0 Å². The van der Waals surface area contributed by atoms with E-state index in [-0.39, 0.29) is 5.91 Å². The molecule has 5 nitrogen and oxygen atoms in total. The number of likely N-dealkylation sites (N-methyl/N-ethyl adjacent to an activating group) is 2. The van der Waals surface area contributed by atoms with Crippen LogP contribution in [0.15, 0.2) is 24.5 Å². The molecule has 1 saturated heterocycles. The van der Waals surface area contributed by atoms with Gasteiger partial charge in [0.05, 0.1) is 6.54 Å². The van der Waals surface area contributed by atoms with E-state index in [1.807, 2.05) is 30.3 Å². The Labute approximate surface area is 121 Å². The van der Waals surface area contributed by atoms with Crippen molar-refractivity contribution in [1.29, 1.82) is 0 Å². The van der Waals surface area contributed by atoms with Crippen molar-refractivity contribution in [2.45, 2.75) is 25.4 Å². The van der Waals surface area contributed by atoms with E-state index in [4.69, 9.17) is 0 Å². The van der Waals surface area contributed by atoms with Crippen molar-refractivity contribution in [2.75, 3.05) is 33.7 Å².